The van der Waals surface area contributed by atoms with Crippen LogP contribution >= 0.6 is 11.1 Å². The van der Waals surface area contributed by atoms with E-state index < -0.39 is 24.5 Å². The van der Waals surface area contributed by atoms with E-state index >= 15 is 0 Å². The molecule has 0 radical (unpaired) electrons. The van der Waals surface area contributed by atoms with Crippen molar-refractivity contribution in [2.24, 2.45) is 0 Å². The zero-order valence-electron chi connectivity index (χ0n) is 10.3. The van der Waals surface area contributed by atoms with E-state index in [0.29, 0.717) is 0 Å². The molecule has 0 heterocycles. The fraction of sp³-hybridized carbons (Fsp3) is 0.556. The van der Waals surface area contributed by atoms with Crippen molar-refractivity contribution >= 4 is 35.6 Å². The van der Waals surface area contributed by atoms with E-state index in [4.69, 9.17) is 19.3 Å². The lowest BCUT2D eigenvalue weighted by Gasteiger charge is -2.35. The maximum absolute atomic E-state index is 6.23. The zero-order valence-corrected chi connectivity index (χ0v) is 14.0. The predicted octanol–water partition coefficient (Wildman–Crippen LogP) is 3.69. The van der Waals surface area contributed by atoms with Gasteiger partial charge in [-0.05, 0) is 32.7 Å². The molecule has 0 amide bonds. The highest BCUT2D eigenvalue weighted by Crippen LogP contribution is 2.23. The van der Waals surface area contributed by atoms with Crippen molar-refractivity contribution in [2.75, 3.05) is 0 Å². The summed E-state index contributed by atoms with van der Waals surface area (Å²) in [7, 11) is -6.27. The lowest BCUT2D eigenvalue weighted by molar-refractivity contribution is 0.411. The summed E-state index contributed by atoms with van der Waals surface area (Å²) in [5.74, 6) is 0. The summed E-state index contributed by atoms with van der Waals surface area (Å²) < 4.78 is 12.0. The maximum atomic E-state index is 6.23. The third-order valence-electron chi connectivity index (χ3n) is 1.65. The van der Waals surface area contributed by atoms with Crippen LogP contribution in [0.15, 0.2) is 24.6 Å². The number of rotatable bonds is 6. The molecule has 0 saturated carbocycles. The molecule has 0 bridgehead atoms. The Kier molecular flexibility index (Phi) is 5.23. The summed E-state index contributed by atoms with van der Waals surface area (Å²) in [6, 6.07) is 0. The minimum absolute atomic E-state index is 1.63. The van der Waals surface area contributed by atoms with Gasteiger partial charge in [-0.2, -0.15) is 0 Å². The zero-order chi connectivity index (χ0) is 12.3. The second-order valence-electron chi connectivity index (χ2n) is 4.73. The Hall–Kier alpha value is 0.341. The summed E-state index contributed by atoms with van der Waals surface area (Å²) in [6.07, 6.45) is 0. The van der Waals surface area contributed by atoms with Crippen molar-refractivity contribution in [1.29, 1.82) is 0 Å². The van der Waals surface area contributed by atoms with Crippen LogP contribution in [0.25, 0.3) is 0 Å². The van der Waals surface area contributed by atoms with Gasteiger partial charge >= 0.3 is 16.2 Å². The topological polar surface area (TPSA) is 18.5 Å². The average Bonchev–Trinajstić information content (AvgIpc) is 2.00. The van der Waals surface area contributed by atoms with E-state index in [1.165, 1.54) is 0 Å². The van der Waals surface area contributed by atoms with Crippen molar-refractivity contribution in [3.8, 4) is 0 Å². The highest BCUT2D eigenvalue weighted by molar-refractivity contribution is 7.21. The summed E-state index contributed by atoms with van der Waals surface area (Å²) in [6.45, 7) is 17.8. The van der Waals surface area contributed by atoms with Gasteiger partial charge in [0.25, 0.3) is 0 Å². The van der Waals surface area contributed by atoms with E-state index in [2.05, 4.69) is 32.8 Å². The third-order valence-corrected chi connectivity index (χ3v) is 11.6. The summed E-state index contributed by atoms with van der Waals surface area (Å²) in [5.41, 5.74) is 3.50. The van der Waals surface area contributed by atoms with Crippen LogP contribution in [-0.2, 0) is 8.23 Å². The summed E-state index contributed by atoms with van der Waals surface area (Å²) in [4.78, 5) is 0. The molecule has 0 aromatic heterocycles. The van der Waals surface area contributed by atoms with Crippen molar-refractivity contribution in [1.82, 2.24) is 0 Å². The van der Waals surface area contributed by atoms with Crippen molar-refractivity contribution in [2.45, 2.75) is 32.7 Å². The Morgan fingerprint density at radius 1 is 0.933 bits per heavy atom. The maximum Gasteiger partial charge on any atom is 0.341 e. The largest absolute Gasteiger partial charge is 0.434 e. The number of hydrogen-bond donors (Lipinski definition) is 0. The minimum atomic E-state index is -2.33. The van der Waals surface area contributed by atoms with Gasteiger partial charge in [-0.15, -0.1) is 24.2 Å². The van der Waals surface area contributed by atoms with Gasteiger partial charge in [-0.25, -0.2) is 0 Å². The summed E-state index contributed by atoms with van der Waals surface area (Å²) in [5, 5.41) is 0. The molecule has 0 aliphatic rings. The Labute approximate surface area is 101 Å². The van der Waals surface area contributed by atoms with Crippen LogP contribution in [0.1, 0.15) is 0 Å². The molecule has 88 valence electrons. The predicted molar refractivity (Wildman–Crippen MR) is 75.0 cm³/mol. The van der Waals surface area contributed by atoms with E-state index in [0.717, 1.165) is 0 Å². The van der Waals surface area contributed by atoms with Gasteiger partial charge < -0.3 is 8.23 Å². The van der Waals surface area contributed by atoms with Crippen LogP contribution in [-0.4, -0.2) is 24.5 Å². The molecule has 6 heteroatoms. The van der Waals surface area contributed by atoms with Crippen LogP contribution in [0.2, 0.25) is 32.7 Å². The van der Waals surface area contributed by atoms with Crippen molar-refractivity contribution < 1.29 is 8.23 Å². The van der Waals surface area contributed by atoms with Crippen LogP contribution in [0.5, 0.6) is 0 Å². The standard InChI is InChI=1S/C9H21ClO2Si3/c1-8-14(6,10)12-15(7,9-2)11-13(3,4)5/h8-9H,1-2H2,3-7H3. The Morgan fingerprint density at radius 2 is 1.40 bits per heavy atom. The van der Waals surface area contributed by atoms with Crippen molar-refractivity contribution in [3.05, 3.63) is 24.6 Å². The molecular formula is C9H21ClO2Si3. The minimum Gasteiger partial charge on any atom is -0.434 e. The Balaban J connectivity index is 4.73. The van der Waals surface area contributed by atoms with E-state index in [1.54, 1.807) is 11.4 Å². The molecule has 0 aliphatic heterocycles. The first-order valence-corrected chi connectivity index (χ1v) is 14.2. The molecule has 2 unspecified atom stereocenters. The Bertz CT molecular complexity index is 250. The van der Waals surface area contributed by atoms with Gasteiger partial charge in [-0.1, -0.05) is 11.4 Å². The molecule has 0 fully saturated rings. The van der Waals surface area contributed by atoms with Gasteiger partial charge in [0.2, 0.25) is 0 Å². The van der Waals surface area contributed by atoms with Gasteiger partial charge in [0, 0.05) is 0 Å². The molecule has 0 spiro atoms. The van der Waals surface area contributed by atoms with Crippen LogP contribution in [0.4, 0.5) is 0 Å². The van der Waals surface area contributed by atoms with Crippen LogP contribution in [0.3, 0.4) is 0 Å². The molecule has 0 aromatic rings. The van der Waals surface area contributed by atoms with Gasteiger partial charge in [0.05, 0.1) is 0 Å². The lowest BCUT2D eigenvalue weighted by Crippen LogP contribution is -2.51. The van der Waals surface area contributed by atoms with Gasteiger partial charge in [-0.3, -0.25) is 0 Å². The molecule has 0 saturated heterocycles. The van der Waals surface area contributed by atoms with E-state index in [1.807, 2.05) is 13.1 Å². The number of hydrogen-bond acceptors (Lipinski definition) is 2. The van der Waals surface area contributed by atoms with Gasteiger partial charge in [0.15, 0.2) is 8.32 Å². The fourth-order valence-corrected chi connectivity index (χ4v) is 12.1. The summed E-state index contributed by atoms with van der Waals surface area (Å²) >= 11 is 6.23. The molecule has 0 aliphatic carbocycles. The second-order valence-corrected chi connectivity index (χ2v) is 17.7. The SMILES string of the molecule is C=C[Si](C)(Cl)O[Si](C)(C=C)O[Si](C)(C)C. The average molecular weight is 281 g/mol. The first kappa shape index (κ1) is 15.3. The third kappa shape index (κ3) is 6.49. The second kappa shape index (κ2) is 5.11. The molecule has 0 N–H and O–H groups in total. The first-order chi connectivity index (χ1) is 6.54. The number of halogens is 1. The van der Waals surface area contributed by atoms with Crippen LogP contribution < -0.4 is 0 Å². The normalized spacial score (nSPS) is 20.1. The molecule has 15 heavy (non-hydrogen) atoms. The monoisotopic (exact) mass is 280 g/mol. The highest BCUT2D eigenvalue weighted by Gasteiger charge is 2.39. The van der Waals surface area contributed by atoms with Crippen molar-refractivity contribution in [3.63, 3.8) is 0 Å². The van der Waals surface area contributed by atoms with E-state index in [-0.39, 0.29) is 0 Å². The fourth-order valence-electron chi connectivity index (χ4n) is 1.15. The smallest absolute Gasteiger partial charge is 0.341 e. The Morgan fingerprint density at radius 3 is 1.67 bits per heavy atom. The molecule has 0 rings (SSSR count). The molecule has 2 nitrogen and oxygen atoms in total. The van der Waals surface area contributed by atoms with E-state index in [9.17, 15) is 0 Å². The molecular weight excluding hydrogens is 260 g/mol. The quantitative estimate of drug-likeness (QED) is 0.546. The lowest BCUT2D eigenvalue weighted by atomic mass is 11.3. The van der Waals surface area contributed by atoms with Gasteiger partial charge in [0.1, 0.15) is 0 Å². The molecule has 0 aromatic carbocycles. The first-order valence-electron chi connectivity index (χ1n) is 4.90. The highest BCUT2D eigenvalue weighted by atomic mass is 35.6. The molecule has 2 atom stereocenters. The van der Waals surface area contributed by atoms with Crippen LogP contribution in [0, 0.1) is 0 Å².